The molecule has 0 aromatic carbocycles. The molecule has 4 nitrogen and oxygen atoms in total. The van der Waals surface area contributed by atoms with Crippen molar-refractivity contribution < 1.29 is 9.59 Å². The van der Waals surface area contributed by atoms with Gasteiger partial charge in [0.15, 0.2) is 0 Å². The Morgan fingerprint density at radius 3 is 2.87 bits per heavy atom. The maximum atomic E-state index is 11.6. The lowest BCUT2D eigenvalue weighted by Gasteiger charge is -2.34. The summed E-state index contributed by atoms with van der Waals surface area (Å²) in [4.78, 5) is 24.8. The molecule has 0 aromatic rings. The standard InChI is InChI=1S/C11H18N2O2/c1-3-5-6-7-13-9(4-2)11(15)12-8-10(13)14/h3,5,9H,4,6-8H2,1-2H3,(H,12,15)/b5-3+. The molecule has 1 aliphatic rings. The van der Waals surface area contributed by atoms with Gasteiger partial charge < -0.3 is 10.2 Å². The van der Waals surface area contributed by atoms with Crippen LogP contribution < -0.4 is 5.32 Å². The quantitative estimate of drug-likeness (QED) is 0.694. The summed E-state index contributed by atoms with van der Waals surface area (Å²) in [6.07, 6.45) is 5.45. The molecular formula is C11H18N2O2. The molecule has 0 spiro atoms. The van der Waals surface area contributed by atoms with E-state index in [4.69, 9.17) is 0 Å². The molecule has 0 radical (unpaired) electrons. The Kier molecular flexibility index (Phi) is 4.34. The maximum Gasteiger partial charge on any atom is 0.243 e. The van der Waals surface area contributed by atoms with Gasteiger partial charge in [0.25, 0.3) is 0 Å². The highest BCUT2D eigenvalue weighted by atomic mass is 16.2. The first kappa shape index (κ1) is 11.8. The zero-order valence-corrected chi connectivity index (χ0v) is 9.32. The minimum atomic E-state index is -0.281. The Balaban J connectivity index is 2.62. The van der Waals surface area contributed by atoms with Gasteiger partial charge in [-0.1, -0.05) is 19.1 Å². The molecule has 0 aromatic heterocycles. The van der Waals surface area contributed by atoms with E-state index >= 15 is 0 Å². The molecule has 4 heteroatoms. The second-order valence-electron chi connectivity index (χ2n) is 3.59. The van der Waals surface area contributed by atoms with Gasteiger partial charge >= 0.3 is 0 Å². The van der Waals surface area contributed by atoms with E-state index in [1.54, 1.807) is 4.90 Å². The summed E-state index contributed by atoms with van der Waals surface area (Å²) in [7, 11) is 0. The van der Waals surface area contributed by atoms with Crippen molar-refractivity contribution in [3.63, 3.8) is 0 Å². The third kappa shape index (κ3) is 2.81. The Labute approximate surface area is 90.3 Å². The summed E-state index contributed by atoms with van der Waals surface area (Å²) in [5.41, 5.74) is 0. The van der Waals surface area contributed by atoms with Crippen molar-refractivity contribution in [3.05, 3.63) is 12.2 Å². The Bertz CT molecular complexity index is 274. The van der Waals surface area contributed by atoms with Crippen molar-refractivity contribution >= 4 is 11.8 Å². The minimum Gasteiger partial charge on any atom is -0.345 e. The van der Waals surface area contributed by atoms with Crippen LogP contribution in [0, 0.1) is 0 Å². The monoisotopic (exact) mass is 210 g/mol. The molecule has 1 fully saturated rings. The molecule has 0 bridgehead atoms. The van der Waals surface area contributed by atoms with Gasteiger partial charge in [0, 0.05) is 6.54 Å². The van der Waals surface area contributed by atoms with Gasteiger partial charge in [-0.15, -0.1) is 0 Å². The molecule has 1 rings (SSSR count). The molecule has 84 valence electrons. The molecule has 15 heavy (non-hydrogen) atoms. The largest absolute Gasteiger partial charge is 0.345 e. The van der Waals surface area contributed by atoms with Crippen LogP contribution in [0.5, 0.6) is 0 Å². The number of allylic oxidation sites excluding steroid dienone is 1. The van der Waals surface area contributed by atoms with Gasteiger partial charge in [0.1, 0.15) is 6.04 Å². The second kappa shape index (κ2) is 5.53. The second-order valence-corrected chi connectivity index (χ2v) is 3.59. The molecule has 0 aliphatic carbocycles. The van der Waals surface area contributed by atoms with Crippen LogP contribution in [-0.4, -0.2) is 35.8 Å². The summed E-state index contributed by atoms with van der Waals surface area (Å²) >= 11 is 0. The van der Waals surface area contributed by atoms with Crippen LogP contribution in [0.15, 0.2) is 12.2 Å². The van der Waals surface area contributed by atoms with Gasteiger partial charge in [-0.25, -0.2) is 0 Å². The molecule has 1 unspecified atom stereocenters. The number of nitrogens with one attached hydrogen (secondary N) is 1. The Morgan fingerprint density at radius 2 is 2.27 bits per heavy atom. The molecule has 1 atom stereocenters. The highest BCUT2D eigenvalue weighted by Crippen LogP contribution is 2.10. The molecule has 1 saturated heterocycles. The lowest BCUT2D eigenvalue weighted by Crippen LogP contribution is -2.58. The summed E-state index contributed by atoms with van der Waals surface area (Å²) < 4.78 is 0. The minimum absolute atomic E-state index is 0.0194. The summed E-state index contributed by atoms with van der Waals surface area (Å²) in [6, 6.07) is -0.281. The van der Waals surface area contributed by atoms with E-state index in [0.717, 1.165) is 6.42 Å². The van der Waals surface area contributed by atoms with E-state index in [9.17, 15) is 9.59 Å². The topological polar surface area (TPSA) is 49.4 Å². The van der Waals surface area contributed by atoms with Crippen molar-refractivity contribution in [1.82, 2.24) is 10.2 Å². The zero-order chi connectivity index (χ0) is 11.3. The first-order valence-corrected chi connectivity index (χ1v) is 5.39. The van der Waals surface area contributed by atoms with Crippen LogP contribution in [0.4, 0.5) is 0 Å². The van der Waals surface area contributed by atoms with Crippen LogP contribution in [-0.2, 0) is 9.59 Å². The van der Waals surface area contributed by atoms with Crippen LogP contribution in [0.3, 0.4) is 0 Å². The lowest BCUT2D eigenvalue weighted by atomic mass is 10.1. The summed E-state index contributed by atoms with van der Waals surface area (Å²) in [5.74, 6) is -0.0106. The van der Waals surface area contributed by atoms with Crippen molar-refractivity contribution in [2.45, 2.75) is 32.7 Å². The van der Waals surface area contributed by atoms with E-state index in [0.29, 0.717) is 13.0 Å². The van der Waals surface area contributed by atoms with Crippen molar-refractivity contribution in [1.29, 1.82) is 0 Å². The molecule has 1 heterocycles. The highest BCUT2D eigenvalue weighted by Gasteiger charge is 2.32. The van der Waals surface area contributed by atoms with Crippen molar-refractivity contribution in [2.24, 2.45) is 0 Å². The number of hydrogen-bond acceptors (Lipinski definition) is 2. The van der Waals surface area contributed by atoms with Gasteiger partial charge in [0.2, 0.25) is 11.8 Å². The molecular weight excluding hydrogens is 192 g/mol. The summed E-state index contributed by atoms with van der Waals surface area (Å²) in [6.45, 7) is 4.65. The Morgan fingerprint density at radius 1 is 1.53 bits per heavy atom. The van der Waals surface area contributed by atoms with Crippen LogP contribution in [0.1, 0.15) is 26.7 Å². The maximum absolute atomic E-state index is 11.6. The third-order valence-electron chi connectivity index (χ3n) is 2.57. The van der Waals surface area contributed by atoms with E-state index in [1.165, 1.54) is 0 Å². The molecule has 1 N–H and O–H groups in total. The first-order chi connectivity index (χ1) is 7.20. The number of amides is 2. The van der Waals surface area contributed by atoms with Crippen molar-refractivity contribution in [3.8, 4) is 0 Å². The fourth-order valence-corrected chi connectivity index (χ4v) is 1.76. The van der Waals surface area contributed by atoms with E-state index < -0.39 is 0 Å². The molecule has 2 amide bonds. The number of nitrogens with zero attached hydrogens (tertiary/aromatic N) is 1. The van der Waals surface area contributed by atoms with Crippen LogP contribution >= 0.6 is 0 Å². The molecule has 1 aliphatic heterocycles. The predicted molar refractivity (Wildman–Crippen MR) is 58.2 cm³/mol. The van der Waals surface area contributed by atoms with E-state index in [2.05, 4.69) is 5.32 Å². The number of hydrogen-bond donors (Lipinski definition) is 1. The zero-order valence-electron chi connectivity index (χ0n) is 9.32. The average molecular weight is 210 g/mol. The number of rotatable bonds is 4. The Hall–Kier alpha value is -1.32. The van der Waals surface area contributed by atoms with Gasteiger partial charge in [-0.2, -0.15) is 0 Å². The SMILES string of the molecule is C/C=C/CCN1C(=O)CNC(=O)C1CC. The number of carbonyl (C=O) groups excluding carboxylic acids is 2. The molecule has 0 saturated carbocycles. The lowest BCUT2D eigenvalue weighted by molar-refractivity contribution is -0.145. The third-order valence-corrected chi connectivity index (χ3v) is 2.57. The highest BCUT2D eigenvalue weighted by molar-refractivity contribution is 5.94. The average Bonchev–Trinajstić information content (AvgIpc) is 2.23. The van der Waals surface area contributed by atoms with Gasteiger partial charge in [0.05, 0.1) is 6.54 Å². The van der Waals surface area contributed by atoms with E-state index in [-0.39, 0.29) is 24.4 Å². The van der Waals surface area contributed by atoms with Gasteiger partial charge in [-0.3, -0.25) is 9.59 Å². The number of carbonyl (C=O) groups is 2. The smallest absolute Gasteiger partial charge is 0.243 e. The van der Waals surface area contributed by atoms with Gasteiger partial charge in [-0.05, 0) is 19.8 Å². The van der Waals surface area contributed by atoms with Crippen LogP contribution in [0.2, 0.25) is 0 Å². The van der Waals surface area contributed by atoms with Crippen LogP contribution in [0.25, 0.3) is 0 Å². The number of piperazine rings is 1. The fourth-order valence-electron chi connectivity index (χ4n) is 1.76. The normalized spacial score (nSPS) is 22.3. The van der Waals surface area contributed by atoms with E-state index in [1.807, 2.05) is 26.0 Å². The van der Waals surface area contributed by atoms with Crippen molar-refractivity contribution in [2.75, 3.05) is 13.1 Å². The summed E-state index contributed by atoms with van der Waals surface area (Å²) in [5, 5.41) is 2.61. The predicted octanol–water partition coefficient (Wildman–Crippen LogP) is 0.690. The first-order valence-electron chi connectivity index (χ1n) is 5.39. The fraction of sp³-hybridized carbons (Fsp3) is 0.636.